The minimum Gasteiger partial charge on any atom is -0.373 e. The Morgan fingerprint density at radius 1 is 1.44 bits per heavy atom. The van der Waals surface area contributed by atoms with Crippen molar-refractivity contribution in [1.82, 2.24) is 4.98 Å². The van der Waals surface area contributed by atoms with Gasteiger partial charge in [0.2, 0.25) is 0 Å². The van der Waals surface area contributed by atoms with Crippen LogP contribution in [0.1, 0.15) is 12.6 Å². The predicted molar refractivity (Wildman–Crippen MR) is 54.1 cm³/mol. The van der Waals surface area contributed by atoms with Crippen molar-refractivity contribution in [3.05, 3.63) is 23.9 Å². The molecule has 1 aromatic rings. The average molecular weight is 234 g/mol. The number of rotatable bonds is 4. The first-order valence-corrected chi connectivity index (χ1v) is 4.75. The standard InChI is InChI=1S/C10H13F3N2O/c1-7(10(11,12)13)16-6-8-4-3-5-9(14-2)15-8/h3-5,7H,6H2,1-2H3,(H,14,15). The SMILES string of the molecule is CNc1cccc(COC(C)C(F)(F)F)n1. The second-order valence-electron chi connectivity index (χ2n) is 3.26. The first-order valence-electron chi connectivity index (χ1n) is 4.75. The molecular weight excluding hydrogens is 221 g/mol. The predicted octanol–water partition coefficient (Wildman–Crippen LogP) is 2.59. The van der Waals surface area contributed by atoms with Gasteiger partial charge in [-0.15, -0.1) is 0 Å². The largest absolute Gasteiger partial charge is 0.414 e. The van der Waals surface area contributed by atoms with Crippen LogP contribution < -0.4 is 5.32 Å². The van der Waals surface area contributed by atoms with Gasteiger partial charge >= 0.3 is 6.18 Å². The summed E-state index contributed by atoms with van der Waals surface area (Å²) in [6.45, 7) is 0.818. The zero-order valence-electron chi connectivity index (χ0n) is 9.01. The molecule has 1 atom stereocenters. The first kappa shape index (κ1) is 12.8. The van der Waals surface area contributed by atoms with Gasteiger partial charge < -0.3 is 10.1 Å². The molecule has 0 aliphatic rings. The molecular formula is C10H13F3N2O. The number of anilines is 1. The molecule has 0 saturated carbocycles. The van der Waals surface area contributed by atoms with Crippen molar-refractivity contribution in [3.63, 3.8) is 0 Å². The number of pyridine rings is 1. The molecule has 0 amide bonds. The summed E-state index contributed by atoms with van der Waals surface area (Å²) in [7, 11) is 1.69. The van der Waals surface area contributed by atoms with Crippen LogP contribution in [-0.4, -0.2) is 24.3 Å². The van der Waals surface area contributed by atoms with E-state index in [1.807, 2.05) is 0 Å². The molecule has 0 saturated heterocycles. The number of aromatic nitrogens is 1. The molecule has 90 valence electrons. The van der Waals surface area contributed by atoms with E-state index in [2.05, 4.69) is 15.0 Å². The summed E-state index contributed by atoms with van der Waals surface area (Å²) < 4.78 is 41.1. The second kappa shape index (κ2) is 5.16. The smallest absolute Gasteiger partial charge is 0.373 e. The van der Waals surface area contributed by atoms with Gasteiger partial charge in [-0.2, -0.15) is 13.2 Å². The lowest BCUT2D eigenvalue weighted by Gasteiger charge is -2.16. The molecule has 0 aromatic carbocycles. The molecule has 0 fully saturated rings. The Kier molecular flexibility index (Phi) is 4.12. The highest BCUT2D eigenvalue weighted by molar-refractivity contribution is 5.33. The zero-order chi connectivity index (χ0) is 12.2. The van der Waals surface area contributed by atoms with Crippen molar-refractivity contribution in [2.45, 2.75) is 25.8 Å². The number of alkyl halides is 3. The summed E-state index contributed by atoms with van der Waals surface area (Å²) in [6.07, 6.45) is -6.12. The molecule has 3 nitrogen and oxygen atoms in total. The summed E-state index contributed by atoms with van der Waals surface area (Å²) in [5.41, 5.74) is 0.461. The molecule has 0 aliphatic carbocycles. The maximum Gasteiger partial charge on any atom is 0.414 e. The lowest BCUT2D eigenvalue weighted by Crippen LogP contribution is -2.28. The van der Waals surface area contributed by atoms with E-state index in [-0.39, 0.29) is 6.61 Å². The molecule has 0 bridgehead atoms. The van der Waals surface area contributed by atoms with Crippen molar-refractivity contribution in [3.8, 4) is 0 Å². The van der Waals surface area contributed by atoms with Crippen molar-refractivity contribution in [2.24, 2.45) is 0 Å². The molecule has 6 heteroatoms. The van der Waals surface area contributed by atoms with Crippen LogP contribution in [0.2, 0.25) is 0 Å². The Morgan fingerprint density at radius 3 is 2.69 bits per heavy atom. The van der Waals surface area contributed by atoms with E-state index >= 15 is 0 Å². The van der Waals surface area contributed by atoms with Crippen LogP contribution in [0.25, 0.3) is 0 Å². The van der Waals surface area contributed by atoms with Crippen LogP contribution in [0.4, 0.5) is 19.0 Å². The van der Waals surface area contributed by atoms with Crippen LogP contribution in [-0.2, 0) is 11.3 Å². The van der Waals surface area contributed by atoms with Gasteiger partial charge in [0.1, 0.15) is 5.82 Å². The Bertz CT molecular complexity index is 341. The number of hydrogen-bond acceptors (Lipinski definition) is 3. The quantitative estimate of drug-likeness (QED) is 0.869. The third kappa shape index (κ3) is 3.69. The van der Waals surface area contributed by atoms with Crippen LogP contribution in [0, 0.1) is 0 Å². The van der Waals surface area contributed by atoms with Gasteiger partial charge in [-0.05, 0) is 19.1 Å². The number of halogens is 3. The molecule has 0 spiro atoms. The summed E-state index contributed by atoms with van der Waals surface area (Å²) in [4.78, 5) is 4.04. The molecule has 1 unspecified atom stereocenters. The van der Waals surface area contributed by atoms with Gasteiger partial charge in [-0.3, -0.25) is 0 Å². The molecule has 0 aliphatic heterocycles. The Morgan fingerprint density at radius 2 is 2.12 bits per heavy atom. The van der Waals surface area contributed by atoms with Gasteiger partial charge in [0.05, 0.1) is 12.3 Å². The molecule has 1 heterocycles. The summed E-state index contributed by atoms with van der Waals surface area (Å²) in [6, 6.07) is 5.04. The van der Waals surface area contributed by atoms with Crippen molar-refractivity contribution in [2.75, 3.05) is 12.4 Å². The normalized spacial score (nSPS) is 13.6. The minimum atomic E-state index is -4.33. The molecule has 1 aromatic heterocycles. The fourth-order valence-corrected chi connectivity index (χ4v) is 1.00. The highest BCUT2D eigenvalue weighted by Gasteiger charge is 2.36. The summed E-state index contributed by atoms with van der Waals surface area (Å²) in [5, 5.41) is 2.80. The van der Waals surface area contributed by atoms with E-state index in [0.29, 0.717) is 11.5 Å². The van der Waals surface area contributed by atoms with Crippen molar-refractivity contribution >= 4 is 5.82 Å². The molecule has 1 N–H and O–H groups in total. The topological polar surface area (TPSA) is 34.1 Å². The van der Waals surface area contributed by atoms with E-state index in [1.54, 1.807) is 25.2 Å². The fourth-order valence-electron chi connectivity index (χ4n) is 1.00. The molecule has 0 radical (unpaired) electrons. The van der Waals surface area contributed by atoms with Crippen molar-refractivity contribution < 1.29 is 17.9 Å². The maximum absolute atomic E-state index is 12.1. The van der Waals surface area contributed by atoms with Crippen LogP contribution in [0.5, 0.6) is 0 Å². The van der Waals surface area contributed by atoms with Crippen LogP contribution in [0.3, 0.4) is 0 Å². The summed E-state index contributed by atoms with van der Waals surface area (Å²) >= 11 is 0. The fraction of sp³-hybridized carbons (Fsp3) is 0.500. The van der Waals surface area contributed by atoms with E-state index in [9.17, 15) is 13.2 Å². The number of ether oxygens (including phenoxy) is 1. The Labute approximate surface area is 91.6 Å². The van der Waals surface area contributed by atoms with Gasteiger partial charge in [-0.1, -0.05) is 6.07 Å². The average Bonchev–Trinajstić information content (AvgIpc) is 2.25. The van der Waals surface area contributed by atoms with Crippen molar-refractivity contribution in [1.29, 1.82) is 0 Å². The molecule has 1 rings (SSSR count). The maximum atomic E-state index is 12.1. The second-order valence-corrected chi connectivity index (χ2v) is 3.26. The van der Waals surface area contributed by atoms with Crippen LogP contribution >= 0.6 is 0 Å². The minimum absolute atomic E-state index is 0.157. The summed E-state index contributed by atoms with van der Waals surface area (Å²) in [5.74, 6) is 0.598. The lowest BCUT2D eigenvalue weighted by atomic mass is 10.3. The van der Waals surface area contributed by atoms with E-state index < -0.39 is 12.3 Å². The zero-order valence-corrected chi connectivity index (χ0v) is 9.01. The van der Waals surface area contributed by atoms with Crippen LogP contribution in [0.15, 0.2) is 18.2 Å². The molecule has 16 heavy (non-hydrogen) atoms. The van der Waals surface area contributed by atoms with E-state index in [1.165, 1.54) is 0 Å². The Balaban J connectivity index is 2.54. The van der Waals surface area contributed by atoms with Gasteiger partial charge in [0.15, 0.2) is 6.10 Å². The third-order valence-corrected chi connectivity index (χ3v) is 2.01. The highest BCUT2D eigenvalue weighted by atomic mass is 19.4. The number of nitrogens with one attached hydrogen (secondary N) is 1. The third-order valence-electron chi connectivity index (χ3n) is 2.01. The Hall–Kier alpha value is -1.30. The van der Waals surface area contributed by atoms with E-state index in [4.69, 9.17) is 0 Å². The lowest BCUT2D eigenvalue weighted by molar-refractivity contribution is -0.217. The monoisotopic (exact) mass is 234 g/mol. The van der Waals surface area contributed by atoms with Gasteiger partial charge in [0, 0.05) is 7.05 Å². The number of hydrogen-bond donors (Lipinski definition) is 1. The number of nitrogens with zero attached hydrogens (tertiary/aromatic N) is 1. The highest BCUT2D eigenvalue weighted by Crippen LogP contribution is 2.23. The first-order chi connectivity index (χ1) is 7.43. The van der Waals surface area contributed by atoms with Gasteiger partial charge in [0.25, 0.3) is 0 Å². The van der Waals surface area contributed by atoms with E-state index in [0.717, 1.165) is 6.92 Å². The van der Waals surface area contributed by atoms with Gasteiger partial charge in [-0.25, -0.2) is 4.98 Å².